The third kappa shape index (κ3) is 15.5. The molecule has 0 aliphatic heterocycles. The van der Waals surface area contributed by atoms with Crippen LogP contribution < -0.4 is 10.2 Å². The van der Waals surface area contributed by atoms with E-state index in [0.29, 0.717) is 11.8 Å². The summed E-state index contributed by atoms with van der Waals surface area (Å²) in [5, 5.41) is 20.2. The molecule has 0 atom stereocenters. The van der Waals surface area contributed by atoms with Gasteiger partial charge in [-0.25, -0.2) is 0 Å². The molecule has 2 nitrogen and oxygen atoms in total. The summed E-state index contributed by atoms with van der Waals surface area (Å²) in [5.74, 6) is 0.861. The van der Waals surface area contributed by atoms with Gasteiger partial charge in [-0.3, -0.25) is 0 Å². The van der Waals surface area contributed by atoms with Crippen LogP contribution in [0.25, 0.3) is 0 Å². The zero-order valence-electron chi connectivity index (χ0n) is 10.9. The van der Waals surface area contributed by atoms with Gasteiger partial charge in [-0.15, -0.1) is 13.2 Å². The van der Waals surface area contributed by atoms with Crippen LogP contribution in [0.1, 0.15) is 53.4 Å². The fourth-order valence-corrected chi connectivity index (χ4v) is 1.05. The van der Waals surface area contributed by atoms with Crippen molar-refractivity contribution in [3.05, 3.63) is 0 Å². The van der Waals surface area contributed by atoms with Gasteiger partial charge in [-0.1, -0.05) is 65.2 Å². The zero-order chi connectivity index (χ0) is 11.4. The molecular formula is C12H26BaO2. The molecular weight excluding hydrogens is 313 g/mol. The van der Waals surface area contributed by atoms with Gasteiger partial charge < -0.3 is 10.2 Å². The fraction of sp³-hybridized carbons (Fsp3) is 1.00. The molecule has 0 saturated heterocycles. The molecule has 0 aromatic carbocycles. The van der Waals surface area contributed by atoms with Crippen LogP contribution in [0, 0.1) is 11.8 Å². The molecule has 0 bridgehead atoms. The molecule has 0 fully saturated rings. The Bertz CT molecular complexity index is 68.6. The number of rotatable bonds is 6. The quantitative estimate of drug-likeness (QED) is 0.682. The van der Waals surface area contributed by atoms with Gasteiger partial charge in [-0.05, 0) is 0 Å². The van der Waals surface area contributed by atoms with Crippen LogP contribution in [0.4, 0.5) is 0 Å². The molecule has 0 radical (unpaired) electrons. The molecule has 15 heavy (non-hydrogen) atoms. The van der Waals surface area contributed by atoms with Crippen molar-refractivity contribution >= 4 is 48.9 Å². The monoisotopic (exact) mass is 340 g/mol. The van der Waals surface area contributed by atoms with Crippen molar-refractivity contribution in [2.24, 2.45) is 11.8 Å². The summed E-state index contributed by atoms with van der Waals surface area (Å²) >= 11 is 0. The zero-order valence-corrected chi connectivity index (χ0v) is 15.4. The molecule has 0 N–H and O–H groups in total. The van der Waals surface area contributed by atoms with E-state index in [1.165, 1.54) is 0 Å². The maximum Gasteiger partial charge on any atom is 2.00 e. The van der Waals surface area contributed by atoms with Crippen LogP contribution in [0.2, 0.25) is 0 Å². The first-order chi connectivity index (χ1) is 6.69. The molecule has 0 amide bonds. The summed E-state index contributed by atoms with van der Waals surface area (Å²) in [7, 11) is 0. The topological polar surface area (TPSA) is 46.1 Å². The molecule has 0 aromatic rings. The van der Waals surface area contributed by atoms with Crippen molar-refractivity contribution in [1.29, 1.82) is 0 Å². The first kappa shape index (κ1) is 21.7. The molecule has 0 aliphatic rings. The van der Waals surface area contributed by atoms with Crippen LogP contribution in [-0.4, -0.2) is 62.1 Å². The van der Waals surface area contributed by atoms with E-state index < -0.39 is 0 Å². The van der Waals surface area contributed by atoms with E-state index in [2.05, 4.69) is 27.7 Å². The van der Waals surface area contributed by atoms with Crippen LogP contribution in [0.3, 0.4) is 0 Å². The Labute approximate surface area is 136 Å². The summed E-state index contributed by atoms with van der Waals surface area (Å²) in [4.78, 5) is 0. The van der Waals surface area contributed by atoms with E-state index >= 15 is 0 Å². The van der Waals surface area contributed by atoms with Gasteiger partial charge in [-0.2, -0.15) is 0 Å². The Morgan fingerprint density at radius 1 is 0.667 bits per heavy atom. The summed E-state index contributed by atoms with van der Waals surface area (Å²) in [6, 6.07) is 0. The first-order valence-corrected chi connectivity index (χ1v) is 5.86. The summed E-state index contributed by atoms with van der Waals surface area (Å²) in [5.41, 5.74) is 0. The second kappa shape index (κ2) is 17.9. The predicted octanol–water partition coefficient (Wildman–Crippen LogP) is 1.19. The molecule has 0 unspecified atom stereocenters. The Morgan fingerprint density at radius 2 is 0.867 bits per heavy atom. The minimum absolute atomic E-state index is 0. The molecule has 0 aliphatic carbocycles. The number of hydrogen-bond acceptors (Lipinski definition) is 2. The number of hydrogen-bond donors (Lipinski definition) is 0. The van der Waals surface area contributed by atoms with Gasteiger partial charge in [0.2, 0.25) is 0 Å². The van der Waals surface area contributed by atoms with Crippen molar-refractivity contribution in [2.75, 3.05) is 13.2 Å². The third-order valence-corrected chi connectivity index (χ3v) is 2.78. The smallest absolute Gasteiger partial charge is 0.854 e. The van der Waals surface area contributed by atoms with E-state index in [-0.39, 0.29) is 62.1 Å². The maximum absolute atomic E-state index is 10.1. The van der Waals surface area contributed by atoms with Crippen LogP contribution in [0.15, 0.2) is 0 Å². The first-order valence-electron chi connectivity index (χ1n) is 5.86. The van der Waals surface area contributed by atoms with E-state index in [1.807, 2.05) is 0 Å². The maximum atomic E-state index is 10.1. The van der Waals surface area contributed by atoms with Crippen LogP contribution >= 0.6 is 0 Å². The minimum Gasteiger partial charge on any atom is -0.854 e. The molecule has 0 spiro atoms. The fourth-order valence-electron chi connectivity index (χ4n) is 1.05. The summed E-state index contributed by atoms with van der Waals surface area (Å²) in [6.45, 7) is 8.45. The normalized spacial score (nSPS) is 9.60. The predicted molar refractivity (Wildman–Crippen MR) is 63.6 cm³/mol. The molecule has 0 aromatic heterocycles. The average molecular weight is 340 g/mol. The summed E-state index contributed by atoms with van der Waals surface area (Å²) < 4.78 is 0. The van der Waals surface area contributed by atoms with Crippen LogP contribution in [-0.2, 0) is 0 Å². The SMILES string of the molecule is CCC(CC)C[O-].CCC(CC)C[O-].[Ba+2]. The van der Waals surface area contributed by atoms with E-state index in [9.17, 15) is 10.2 Å². The molecule has 0 saturated carbocycles. The second-order valence-electron chi connectivity index (χ2n) is 3.70. The van der Waals surface area contributed by atoms with Gasteiger partial charge in [0.05, 0.1) is 0 Å². The van der Waals surface area contributed by atoms with Crippen molar-refractivity contribution in [3.8, 4) is 0 Å². The minimum atomic E-state index is 0. The van der Waals surface area contributed by atoms with E-state index in [0.717, 1.165) is 25.7 Å². The average Bonchev–Trinajstić information content (AvgIpc) is 2.24. The van der Waals surface area contributed by atoms with Crippen LogP contribution in [0.5, 0.6) is 0 Å². The van der Waals surface area contributed by atoms with Gasteiger partial charge in [0.15, 0.2) is 0 Å². The van der Waals surface area contributed by atoms with Gasteiger partial charge in [0, 0.05) is 0 Å². The molecule has 0 rings (SSSR count). The van der Waals surface area contributed by atoms with E-state index in [1.54, 1.807) is 0 Å². The van der Waals surface area contributed by atoms with Crippen molar-refractivity contribution in [1.82, 2.24) is 0 Å². The van der Waals surface area contributed by atoms with Crippen molar-refractivity contribution in [3.63, 3.8) is 0 Å². The molecule has 88 valence electrons. The molecule has 3 heteroatoms. The standard InChI is InChI=1S/2C6H13O.Ba/c2*1-3-6(4-2)5-7;/h2*6H,3-5H2,1-2H3;/q2*-1;+2. The summed E-state index contributed by atoms with van der Waals surface area (Å²) in [6.07, 6.45) is 4.17. The molecule has 0 heterocycles. The van der Waals surface area contributed by atoms with E-state index in [4.69, 9.17) is 0 Å². The Balaban J connectivity index is -0.000000180. The van der Waals surface area contributed by atoms with Gasteiger partial charge in [0.1, 0.15) is 0 Å². The van der Waals surface area contributed by atoms with Gasteiger partial charge >= 0.3 is 48.9 Å². The van der Waals surface area contributed by atoms with Gasteiger partial charge in [0.25, 0.3) is 0 Å². The second-order valence-corrected chi connectivity index (χ2v) is 3.70. The third-order valence-electron chi connectivity index (χ3n) is 2.78. The Hall–Kier alpha value is 1.49. The largest absolute Gasteiger partial charge is 2.00 e. The van der Waals surface area contributed by atoms with Crippen molar-refractivity contribution < 1.29 is 10.2 Å². The van der Waals surface area contributed by atoms with Crippen molar-refractivity contribution in [2.45, 2.75) is 53.4 Å². The Morgan fingerprint density at radius 3 is 0.867 bits per heavy atom. The Kier molecular flexibility index (Phi) is 25.9.